The quantitative estimate of drug-likeness (QED) is 0.357. The minimum atomic E-state index is -0.662. The van der Waals surface area contributed by atoms with Gasteiger partial charge in [-0.3, -0.25) is 9.78 Å². The molecule has 0 amide bonds. The number of carbonyl (C=O) groups is 1. The number of aliphatic carboxylic acids is 1. The van der Waals surface area contributed by atoms with Crippen LogP contribution in [0.4, 0.5) is 0 Å². The first-order valence-corrected chi connectivity index (χ1v) is 15.1. The molecule has 37 heavy (non-hydrogen) atoms. The van der Waals surface area contributed by atoms with Gasteiger partial charge < -0.3 is 19.6 Å². The van der Waals surface area contributed by atoms with Crippen molar-refractivity contribution in [3.63, 3.8) is 0 Å². The van der Waals surface area contributed by atoms with Crippen molar-refractivity contribution in [1.29, 1.82) is 0 Å². The van der Waals surface area contributed by atoms with Gasteiger partial charge in [-0.15, -0.1) is 0 Å². The Morgan fingerprint density at radius 3 is 2.73 bits per heavy atom. The number of methoxy groups -OCH3 is 1. The van der Waals surface area contributed by atoms with Gasteiger partial charge in [0, 0.05) is 48.1 Å². The maximum atomic E-state index is 11.8. The van der Waals surface area contributed by atoms with E-state index in [9.17, 15) is 9.90 Å². The molecular weight excluding hydrogens is 482 g/mol. The third-order valence-electron chi connectivity index (χ3n) is 8.50. The Morgan fingerprint density at radius 1 is 1.19 bits per heavy atom. The lowest BCUT2D eigenvalue weighted by Crippen LogP contribution is -2.42. The second-order valence-electron chi connectivity index (χ2n) is 11.2. The van der Waals surface area contributed by atoms with Crippen molar-refractivity contribution in [2.45, 2.75) is 69.1 Å². The number of rotatable bonds is 12. The Kier molecular flexibility index (Phi) is 10.5. The van der Waals surface area contributed by atoms with E-state index in [1.54, 1.807) is 7.11 Å². The predicted molar refractivity (Wildman–Crippen MR) is 154 cm³/mol. The largest absolute Gasteiger partial charge is 0.497 e. The molecule has 0 spiro atoms. The number of likely N-dealkylation sites (tertiary alicyclic amines) is 1. The Hall–Kier alpha value is -1.83. The van der Waals surface area contributed by atoms with Crippen LogP contribution in [0.3, 0.4) is 0 Å². The van der Waals surface area contributed by atoms with Crippen molar-refractivity contribution in [3.05, 3.63) is 36.0 Å². The molecule has 1 N–H and O–H groups in total. The van der Waals surface area contributed by atoms with Crippen molar-refractivity contribution in [1.82, 2.24) is 14.8 Å². The topological polar surface area (TPSA) is 65.9 Å². The van der Waals surface area contributed by atoms with Crippen LogP contribution in [0.25, 0.3) is 10.9 Å². The molecule has 1 aromatic heterocycles. The zero-order chi connectivity index (χ0) is 26.2. The number of hydrogen-bond donors (Lipinski definition) is 1. The summed E-state index contributed by atoms with van der Waals surface area (Å²) in [4.78, 5) is 21.2. The average molecular weight is 528 g/mol. The van der Waals surface area contributed by atoms with Crippen LogP contribution in [-0.2, 0) is 4.79 Å². The average Bonchev–Trinajstić information content (AvgIpc) is 2.89. The van der Waals surface area contributed by atoms with Gasteiger partial charge in [0.2, 0.25) is 0 Å². The molecule has 1 saturated carbocycles. The fourth-order valence-electron chi connectivity index (χ4n) is 6.40. The van der Waals surface area contributed by atoms with Gasteiger partial charge >= 0.3 is 5.97 Å². The molecule has 204 valence electrons. The molecule has 2 fully saturated rings. The van der Waals surface area contributed by atoms with E-state index >= 15 is 0 Å². The van der Waals surface area contributed by atoms with Gasteiger partial charge in [-0.1, -0.05) is 19.3 Å². The fourth-order valence-corrected chi connectivity index (χ4v) is 7.77. The van der Waals surface area contributed by atoms with E-state index in [0.717, 1.165) is 60.8 Å². The van der Waals surface area contributed by atoms with Crippen LogP contribution in [0, 0.1) is 11.8 Å². The molecule has 0 bridgehead atoms. The smallest absolute Gasteiger partial charge is 0.303 e. The monoisotopic (exact) mass is 527 g/mol. The van der Waals surface area contributed by atoms with Crippen LogP contribution in [0.2, 0.25) is 0 Å². The van der Waals surface area contributed by atoms with Crippen molar-refractivity contribution in [2.75, 3.05) is 46.6 Å². The van der Waals surface area contributed by atoms with E-state index in [1.807, 2.05) is 18.3 Å². The van der Waals surface area contributed by atoms with Crippen molar-refractivity contribution in [3.8, 4) is 5.75 Å². The van der Waals surface area contributed by atoms with Crippen LogP contribution in [0.15, 0.2) is 30.5 Å². The van der Waals surface area contributed by atoms with E-state index < -0.39 is 5.97 Å². The van der Waals surface area contributed by atoms with Gasteiger partial charge in [0.25, 0.3) is 0 Å². The number of carboxylic acid groups (broad SMARTS) is 1. The molecule has 2 aliphatic rings. The normalized spacial score (nSPS) is 22.4. The number of benzene rings is 1. The second kappa shape index (κ2) is 13.8. The Balaban J connectivity index is 1.38. The van der Waals surface area contributed by atoms with Gasteiger partial charge in [0.05, 0.1) is 12.6 Å². The summed E-state index contributed by atoms with van der Waals surface area (Å²) >= 11 is 2.15. The Morgan fingerprint density at radius 2 is 2.00 bits per heavy atom. The van der Waals surface area contributed by atoms with Crippen LogP contribution in [0.5, 0.6) is 5.75 Å². The first-order valence-electron chi connectivity index (χ1n) is 14.1. The van der Waals surface area contributed by atoms with E-state index in [-0.39, 0.29) is 18.4 Å². The zero-order valence-corrected chi connectivity index (χ0v) is 23.7. The van der Waals surface area contributed by atoms with Crippen LogP contribution >= 0.6 is 11.8 Å². The molecule has 1 aliphatic carbocycles. The summed E-state index contributed by atoms with van der Waals surface area (Å²) in [6.07, 6.45) is 12.2. The van der Waals surface area contributed by atoms with Gasteiger partial charge in [-0.05, 0) is 94.4 Å². The highest BCUT2D eigenvalue weighted by molar-refractivity contribution is 7.99. The lowest BCUT2D eigenvalue weighted by Gasteiger charge is -2.39. The third kappa shape index (κ3) is 7.84. The van der Waals surface area contributed by atoms with Gasteiger partial charge in [-0.25, -0.2) is 0 Å². The van der Waals surface area contributed by atoms with Gasteiger partial charge in [0.1, 0.15) is 5.75 Å². The summed E-state index contributed by atoms with van der Waals surface area (Å²) in [6.45, 7) is 3.10. The molecule has 1 aromatic carbocycles. The van der Waals surface area contributed by atoms with E-state index in [0.29, 0.717) is 5.92 Å². The zero-order valence-electron chi connectivity index (χ0n) is 22.9. The summed E-state index contributed by atoms with van der Waals surface area (Å²) < 4.78 is 5.49. The SMILES string of the molecule is COc1ccc2nccc([C@@H](CC[C@@H]3CCN(CCSC4CCCCC4)C[C@@H]3CC(=O)O)N(C)C)c2c1. The van der Waals surface area contributed by atoms with Crippen LogP contribution in [0.1, 0.15) is 69.4 Å². The first-order chi connectivity index (χ1) is 17.9. The maximum absolute atomic E-state index is 11.8. The molecular formula is C30H45N3O3S. The van der Waals surface area contributed by atoms with Crippen LogP contribution in [-0.4, -0.2) is 77.7 Å². The summed E-state index contributed by atoms with van der Waals surface area (Å²) in [5.74, 6) is 2.03. The summed E-state index contributed by atoms with van der Waals surface area (Å²) in [5.41, 5.74) is 2.24. The minimum Gasteiger partial charge on any atom is -0.497 e. The van der Waals surface area contributed by atoms with Gasteiger partial charge in [-0.2, -0.15) is 11.8 Å². The number of fused-ring (bicyclic) bond motifs is 1. The molecule has 0 unspecified atom stereocenters. The summed E-state index contributed by atoms with van der Waals surface area (Å²) in [6, 6.07) is 8.45. The summed E-state index contributed by atoms with van der Waals surface area (Å²) in [5, 5.41) is 11.7. The third-order valence-corrected chi connectivity index (χ3v) is 9.86. The lowest BCUT2D eigenvalue weighted by molar-refractivity contribution is -0.139. The first kappa shape index (κ1) is 28.2. The lowest BCUT2D eigenvalue weighted by atomic mass is 9.79. The van der Waals surface area contributed by atoms with Crippen molar-refractivity contribution in [2.24, 2.45) is 11.8 Å². The predicted octanol–water partition coefficient (Wildman–Crippen LogP) is 6.11. The van der Waals surface area contributed by atoms with Crippen molar-refractivity contribution >= 4 is 28.6 Å². The number of hydrogen-bond acceptors (Lipinski definition) is 6. The fraction of sp³-hybridized carbons (Fsp3) is 0.667. The molecule has 7 heteroatoms. The second-order valence-corrected chi connectivity index (χ2v) is 12.6. The molecule has 6 nitrogen and oxygen atoms in total. The highest BCUT2D eigenvalue weighted by atomic mass is 32.2. The molecule has 1 aliphatic heterocycles. The molecule has 4 rings (SSSR count). The molecule has 2 heterocycles. The molecule has 0 radical (unpaired) electrons. The maximum Gasteiger partial charge on any atom is 0.303 e. The molecule has 3 atom stereocenters. The van der Waals surface area contributed by atoms with Gasteiger partial charge in [0.15, 0.2) is 0 Å². The van der Waals surface area contributed by atoms with E-state index in [1.165, 1.54) is 43.4 Å². The highest BCUT2D eigenvalue weighted by Crippen LogP contribution is 2.37. The number of thioether (sulfide) groups is 1. The Bertz CT molecular complexity index is 1010. The number of nitrogens with zero attached hydrogens (tertiary/aromatic N) is 3. The Labute approximate surface area is 227 Å². The number of carboxylic acids is 1. The standard InChI is InChI=1S/C30H45N3O3S/c1-32(2)29(26-13-15-31-28-11-10-24(36-3)20-27(26)28)12-9-22-14-16-33(21-23(22)19-30(34)35)17-18-37-25-7-5-4-6-8-25/h10-11,13,15,20,22-23,25,29H,4-9,12,14,16-19,21H2,1-3H3,(H,34,35)/t22-,23+,29-/m1/s1. The van der Waals surface area contributed by atoms with E-state index in [2.05, 4.69) is 52.8 Å². The summed E-state index contributed by atoms with van der Waals surface area (Å²) in [7, 11) is 5.97. The van der Waals surface area contributed by atoms with E-state index in [4.69, 9.17) is 4.74 Å². The number of pyridine rings is 1. The molecule has 2 aromatic rings. The number of ether oxygens (including phenoxy) is 1. The molecule has 1 saturated heterocycles. The minimum absolute atomic E-state index is 0.225. The number of piperidine rings is 1. The van der Waals surface area contributed by atoms with Crippen LogP contribution < -0.4 is 4.74 Å². The highest BCUT2D eigenvalue weighted by Gasteiger charge is 2.32. The number of aromatic nitrogens is 1. The van der Waals surface area contributed by atoms with Crippen molar-refractivity contribution < 1.29 is 14.6 Å².